The van der Waals surface area contributed by atoms with Crippen molar-refractivity contribution in [3.8, 4) is 0 Å². The molecule has 1 amide bonds. The lowest BCUT2D eigenvalue weighted by Crippen LogP contribution is -2.48. The predicted octanol–water partition coefficient (Wildman–Crippen LogP) is 5.24. The van der Waals surface area contributed by atoms with Crippen molar-refractivity contribution in [1.29, 1.82) is 0 Å². The molecule has 2 saturated carbocycles. The first kappa shape index (κ1) is 16.5. The summed E-state index contributed by atoms with van der Waals surface area (Å²) in [6.45, 7) is 0. The Kier molecular flexibility index (Phi) is 4.25. The second kappa shape index (κ2) is 6.46. The third-order valence-corrected chi connectivity index (χ3v) is 11.0. The van der Waals surface area contributed by atoms with E-state index >= 15 is 0 Å². The Morgan fingerprint density at radius 2 is 1.84 bits per heavy atom. The quantitative estimate of drug-likeness (QED) is 0.762. The Hall–Kier alpha value is -0.720. The van der Waals surface area contributed by atoms with Gasteiger partial charge < -0.3 is 5.32 Å². The molecule has 1 spiro atoms. The van der Waals surface area contributed by atoms with E-state index in [2.05, 4.69) is 39.9 Å². The van der Waals surface area contributed by atoms with Crippen molar-refractivity contribution in [2.24, 2.45) is 17.8 Å². The van der Waals surface area contributed by atoms with Gasteiger partial charge in [-0.15, -0.1) is 23.5 Å². The van der Waals surface area contributed by atoms with Gasteiger partial charge in [0.1, 0.15) is 0 Å². The number of thioether (sulfide) groups is 2. The molecule has 2 bridgehead atoms. The fraction of sp³-hybridized carbons (Fsp3) is 0.579. The lowest BCUT2D eigenvalue weighted by atomic mass is 9.67. The van der Waals surface area contributed by atoms with Crippen LogP contribution in [0.4, 0.5) is 5.13 Å². The molecule has 2 aliphatic carbocycles. The van der Waals surface area contributed by atoms with Crippen LogP contribution < -0.4 is 5.32 Å². The molecule has 2 heterocycles. The van der Waals surface area contributed by atoms with Crippen LogP contribution in [-0.4, -0.2) is 26.5 Å². The van der Waals surface area contributed by atoms with Gasteiger partial charge in [-0.1, -0.05) is 29.9 Å². The first-order valence-corrected chi connectivity index (χ1v) is 12.0. The topological polar surface area (TPSA) is 42.0 Å². The van der Waals surface area contributed by atoms with Crippen molar-refractivity contribution >= 4 is 56.1 Å². The molecule has 5 rings (SSSR count). The Balaban J connectivity index is 1.33. The normalized spacial score (nSPS) is 30.6. The summed E-state index contributed by atoms with van der Waals surface area (Å²) in [7, 11) is 0. The standard InChI is InChI=1S/C19H22N2OS3/c22-17(21-18-20-15-6-1-2-7-16(15)25-18)12-10-13-4-3-5-14(11-12)19(13)23-8-9-24-19/h1-2,6-7,12-14H,3-5,8-11H2,(H,20,21,22). The smallest absolute Gasteiger partial charge is 0.229 e. The molecule has 6 heteroatoms. The Bertz CT molecular complexity index is 750. The highest BCUT2D eigenvalue weighted by Crippen LogP contribution is 2.64. The van der Waals surface area contributed by atoms with Gasteiger partial charge in [0.15, 0.2) is 5.13 Å². The van der Waals surface area contributed by atoms with Gasteiger partial charge in [0.25, 0.3) is 0 Å². The first-order valence-electron chi connectivity index (χ1n) is 9.19. The maximum Gasteiger partial charge on any atom is 0.229 e. The predicted molar refractivity (Wildman–Crippen MR) is 109 cm³/mol. The second-order valence-corrected chi connectivity index (χ2v) is 11.4. The molecule has 1 saturated heterocycles. The average Bonchev–Trinajstić information content (AvgIpc) is 3.21. The summed E-state index contributed by atoms with van der Waals surface area (Å²) >= 11 is 5.98. The summed E-state index contributed by atoms with van der Waals surface area (Å²) < 4.78 is 1.57. The zero-order chi connectivity index (χ0) is 16.9. The largest absolute Gasteiger partial charge is 0.302 e. The molecule has 2 atom stereocenters. The number of para-hydroxylation sites is 1. The molecule has 1 aliphatic heterocycles. The summed E-state index contributed by atoms with van der Waals surface area (Å²) in [6, 6.07) is 8.08. The van der Waals surface area contributed by atoms with Gasteiger partial charge in [-0.05, 0) is 49.7 Å². The van der Waals surface area contributed by atoms with Crippen LogP contribution >= 0.6 is 34.9 Å². The van der Waals surface area contributed by atoms with Crippen molar-refractivity contribution in [3.63, 3.8) is 0 Å². The van der Waals surface area contributed by atoms with Crippen LogP contribution in [0.5, 0.6) is 0 Å². The number of hydrogen-bond acceptors (Lipinski definition) is 5. The number of carbonyl (C=O) groups excluding carboxylic acids is 1. The molecular weight excluding hydrogens is 368 g/mol. The highest BCUT2D eigenvalue weighted by Gasteiger charge is 2.55. The maximum absolute atomic E-state index is 12.9. The van der Waals surface area contributed by atoms with Crippen molar-refractivity contribution in [2.45, 2.75) is 36.2 Å². The fourth-order valence-corrected chi connectivity index (χ4v) is 9.76. The van der Waals surface area contributed by atoms with Gasteiger partial charge in [0, 0.05) is 17.4 Å². The number of rotatable bonds is 2. The van der Waals surface area contributed by atoms with E-state index in [0.29, 0.717) is 15.9 Å². The van der Waals surface area contributed by atoms with E-state index in [-0.39, 0.29) is 11.8 Å². The molecular formula is C19H22N2OS3. The fourth-order valence-electron chi connectivity index (χ4n) is 4.96. The molecule has 2 unspecified atom stereocenters. The minimum Gasteiger partial charge on any atom is -0.302 e. The van der Waals surface area contributed by atoms with Gasteiger partial charge in [-0.25, -0.2) is 4.98 Å². The summed E-state index contributed by atoms with van der Waals surface area (Å²) in [5, 5.41) is 3.88. The van der Waals surface area contributed by atoms with Crippen LogP contribution in [0.1, 0.15) is 32.1 Å². The molecule has 3 aliphatic rings. The van der Waals surface area contributed by atoms with E-state index in [4.69, 9.17) is 0 Å². The Morgan fingerprint density at radius 1 is 1.12 bits per heavy atom. The van der Waals surface area contributed by atoms with Crippen molar-refractivity contribution in [2.75, 3.05) is 16.8 Å². The minimum absolute atomic E-state index is 0.162. The van der Waals surface area contributed by atoms with Gasteiger partial charge in [-0.3, -0.25) is 4.79 Å². The average molecular weight is 391 g/mol. The van der Waals surface area contributed by atoms with E-state index < -0.39 is 0 Å². The third kappa shape index (κ3) is 2.81. The highest BCUT2D eigenvalue weighted by atomic mass is 32.2. The van der Waals surface area contributed by atoms with Crippen LogP contribution in [0.25, 0.3) is 10.2 Å². The number of carbonyl (C=O) groups is 1. The molecule has 25 heavy (non-hydrogen) atoms. The first-order chi connectivity index (χ1) is 12.2. The lowest BCUT2D eigenvalue weighted by molar-refractivity contribution is -0.122. The zero-order valence-corrected chi connectivity index (χ0v) is 16.5. The number of benzene rings is 1. The molecule has 3 nitrogen and oxygen atoms in total. The number of thiazole rings is 1. The van der Waals surface area contributed by atoms with Gasteiger partial charge in [0.05, 0.1) is 14.3 Å². The maximum atomic E-state index is 12.9. The molecule has 3 fully saturated rings. The molecule has 132 valence electrons. The summed E-state index contributed by atoms with van der Waals surface area (Å²) in [6.07, 6.45) is 6.09. The number of aromatic nitrogens is 1. The van der Waals surface area contributed by atoms with Crippen LogP contribution in [0.2, 0.25) is 0 Å². The van der Waals surface area contributed by atoms with E-state index in [9.17, 15) is 4.79 Å². The monoisotopic (exact) mass is 390 g/mol. The molecule has 1 N–H and O–H groups in total. The molecule has 0 radical (unpaired) electrons. The van der Waals surface area contributed by atoms with Crippen molar-refractivity contribution < 1.29 is 4.79 Å². The number of fused-ring (bicyclic) bond motifs is 1. The van der Waals surface area contributed by atoms with Crippen molar-refractivity contribution in [3.05, 3.63) is 24.3 Å². The zero-order valence-electron chi connectivity index (χ0n) is 14.1. The summed E-state index contributed by atoms with van der Waals surface area (Å²) in [4.78, 5) is 17.5. The van der Waals surface area contributed by atoms with Crippen LogP contribution in [0.15, 0.2) is 24.3 Å². The number of anilines is 1. The van der Waals surface area contributed by atoms with Crippen molar-refractivity contribution in [1.82, 2.24) is 4.98 Å². The summed E-state index contributed by atoms with van der Waals surface area (Å²) in [5.41, 5.74) is 0.973. The SMILES string of the molecule is O=C(Nc1nc2ccccc2s1)C1CC2CCCC(C1)C21SCCS1. The lowest BCUT2D eigenvalue weighted by Gasteiger charge is -2.51. The highest BCUT2D eigenvalue weighted by molar-refractivity contribution is 8.21. The number of nitrogens with zero attached hydrogens (tertiary/aromatic N) is 1. The van der Waals surface area contributed by atoms with E-state index in [0.717, 1.165) is 28.2 Å². The Morgan fingerprint density at radius 3 is 2.56 bits per heavy atom. The minimum atomic E-state index is 0.162. The summed E-state index contributed by atoms with van der Waals surface area (Å²) in [5.74, 6) is 4.36. The van der Waals surface area contributed by atoms with E-state index in [1.165, 1.54) is 30.8 Å². The molecule has 2 aromatic rings. The van der Waals surface area contributed by atoms with E-state index in [1.54, 1.807) is 11.3 Å². The molecule has 1 aromatic heterocycles. The Labute approximate surface area is 160 Å². The number of hydrogen-bond donors (Lipinski definition) is 1. The molecule has 1 aromatic carbocycles. The second-order valence-electron chi connectivity index (χ2n) is 7.39. The van der Waals surface area contributed by atoms with Gasteiger partial charge in [0.2, 0.25) is 5.91 Å². The van der Waals surface area contributed by atoms with Crippen LogP contribution in [-0.2, 0) is 4.79 Å². The van der Waals surface area contributed by atoms with Gasteiger partial charge >= 0.3 is 0 Å². The van der Waals surface area contributed by atoms with Crippen LogP contribution in [0.3, 0.4) is 0 Å². The number of nitrogens with one attached hydrogen (secondary N) is 1. The van der Waals surface area contributed by atoms with E-state index in [1.807, 2.05) is 18.2 Å². The third-order valence-electron chi connectivity index (χ3n) is 6.01. The number of amides is 1. The van der Waals surface area contributed by atoms with Gasteiger partial charge in [-0.2, -0.15) is 0 Å². The van der Waals surface area contributed by atoms with Crippen LogP contribution in [0, 0.1) is 17.8 Å².